The molecule has 0 aliphatic carbocycles. The molecule has 5 nitrogen and oxygen atoms in total. The number of nitrogens with two attached hydrogens (primary N) is 2. The fraction of sp³-hybridized carbons (Fsp3) is 0.333. The van der Waals surface area contributed by atoms with Crippen molar-refractivity contribution < 1.29 is 4.92 Å². The minimum Gasteiger partial charge on any atom is -0.329 e. The van der Waals surface area contributed by atoms with Gasteiger partial charge in [-0.15, -0.1) is 0 Å². The van der Waals surface area contributed by atoms with Gasteiger partial charge in [0.1, 0.15) is 0 Å². The molecule has 0 radical (unpaired) electrons. The molecule has 0 saturated heterocycles. The van der Waals surface area contributed by atoms with Crippen molar-refractivity contribution in [3.05, 3.63) is 39.4 Å². The van der Waals surface area contributed by atoms with E-state index in [4.69, 9.17) is 11.5 Å². The second-order valence-corrected chi connectivity index (χ2v) is 3.09. The predicted molar refractivity (Wildman–Crippen MR) is 53.8 cm³/mol. The zero-order valence-corrected chi connectivity index (χ0v) is 7.93. The first-order valence-corrected chi connectivity index (χ1v) is 4.27. The van der Waals surface area contributed by atoms with Crippen LogP contribution >= 0.6 is 0 Å². The smallest absolute Gasteiger partial charge is 0.272 e. The molecule has 0 saturated carbocycles. The molecular formula is C9H13N3O2. The Morgan fingerprint density at radius 3 is 2.71 bits per heavy atom. The average molecular weight is 195 g/mol. The second kappa shape index (κ2) is 4.17. The van der Waals surface area contributed by atoms with Gasteiger partial charge in [0, 0.05) is 24.2 Å². The zero-order valence-electron chi connectivity index (χ0n) is 7.93. The Balaban J connectivity index is 3.20. The van der Waals surface area contributed by atoms with E-state index in [0.29, 0.717) is 5.56 Å². The fourth-order valence-electron chi connectivity index (χ4n) is 1.37. The van der Waals surface area contributed by atoms with Crippen LogP contribution in [0.1, 0.15) is 17.2 Å². The molecule has 4 N–H and O–H groups in total. The summed E-state index contributed by atoms with van der Waals surface area (Å²) >= 11 is 0. The lowest BCUT2D eigenvalue weighted by atomic mass is 10.0. The molecule has 0 aromatic heterocycles. The Kier molecular flexibility index (Phi) is 3.16. The van der Waals surface area contributed by atoms with E-state index >= 15 is 0 Å². The van der Waals surface area contributed by atoms with Crippen molar-refractivity contribution in [3.63, 3.8) is 0 Å². The summed E-state index contributed by atoms with van der Waals surface area (Å²) in [6, 6.07) is 4.51. The normalized spacial score (nSPS) is 12.5. The van der Waals surface area contributed by atoms with Gasteiger partial charge in [-0.2, -0.15) is 0 Å². The van der Waals surface area contributed by atoms with E-state index in [2.05, 4.69) is 0 Å². The van der Waals surface area contributed by atoms with E-state index in [0.717, 1.165) is 5.56 Å². The number of nitrogens with zero attached hydrogens (tertiary/aromatic N) is 1. The van der Waals surface area contributed by atoms with Gasteiger partial charge in [0.15, 0.2) is 0 Å². The van der Waals surface area contributed by atoms with Gasteiger partial charge in [-0.1, -0.05) is 12.1 Å². The molecule has 0 fully saturated rings. The zero-order chi connectivity index (χ0) is 10.7. The third kappa shape index (κ3) is 1.89. The lowest BCUT2D eigenvalue weighted by Gasteiger charge is -2.11. The highest BCUT2D eigenvalue weighted by Crippen LogP contribution is 2.24. The summed E-state index contributed by atoms with van der Waals surface area (Å²) in [4.78, 5) is 10.2. The molecule has 5 heteroatoms. The van der Waals surface area contributed by atoms with Crippen molar-refractivity contribution in [2.24, 2.45) is 11.5 Å². The summed E-state index contributed by atoms with van der Waals surface area (Å²) in [6.07, 6.45) is 0. The van der Waals surface area contributed by atoms with Crippen LogP contribution in [0.3, 0.4) is 0 Å². The lowest BCUT2D eigenvalue weighted by molar-refractivity contribution is -0.385. The van der Waals surface area contributed by atoms with Gasteiger partial charge in [0.25, 0.3) is 5.69 Å². The van der Waals surface area contributed by atoms with Crippen molar-refractivity contribution in [2.75, 3.05) is 6.54 Å². The maximum atomic E-state index is 10.6. The Hall–Kier alpha value is -1.46. The summed E-state index contributed by atoms with van der Waals surface area (Å²) in [5, 5.41) is 10.6. The van der Waals surface area contributed by atoms with Crippen molar-refractivity contribution in [1.82, 2.24) is 0 Å². The molecule has 0 aliphatic heterocycles. The van der Waals surface area contributed by atoms with E-state index in [1.54, 1.807) is 19.1 Å². The minimum absolute atomic E-state index is 0.0893. The van der Waals surface area contributed by atoms with Gasteiger partial charge in [0.2, 0.25) is 0 Å². The summed E-state index contributed by atoms with van der Waals surface area (Å²) in [5.41, 5.74) is 12.5. The van der Waals surface area contributed by atoms with E-state index in [1.807, 2.05) is 0 Å². The largest absolute Gasteiger partial charge is 0.329 e. The summed E-state index contributed by atoms with van der Waals surface area (Å²) in [7, 11) is 0. The molecule has 76 valence electrons. The van der Waals surface area contributed by atoms with Crippen molar-refractivity contribution in [1.29, 1.82) is 0 Å². The van der Waals surface area contributed by atoms with Crippen molar-refractivity contribution in [2.45, 2.75) is 13.0 Å². The third-order valence-corrected chi connectivity index (χ3v) is 2.20. The topological polar surface area (TPSA) is 95.2 Å². The first-order valence-electron chi connectivity index (χ1n) is 4.27. The first kappa shape index (κ1) is 10.6. The number of benzene rings is 1. The van der Waals surface area contributed by atoms with Gasteiger partial charge >= 0.3 is 0 Å². The molecule has 0 heterocycles. The minimum atomic E-state index is -0.415. The van der Waals surface area contributed by atoms with E-state index in [1.165, 1.54) is 6.07 Å². The van der Waals surface area contributed by atoms with Crippen LogP contribution < -0.4 is 11.5 Å². The maximum absolute atomic E-state index is 10.6. The second-order valence-electron chi connectivity index (χ2n) is 3.09. The van der Waals surface area contributed by atoms with Gasteiger partial charge in [0.05, 0.1) is 4.92 Å². The molecular weight excluding hydrogens is 182 g/mol. The highest BCUT2D eigenvalue weighted by molar-refractivity contribution is 5.45. The molecule has 0 unspecified atom stereocenters. The number of nitro groups is 1. The van der Waals surface area contributed by atoms with Gasteiger partial charge in [-0.3, -0.25) is 10.1 Å². The molecule has 1 aromatic carbocycles. The van der Waals surface area contributed by atoms with E-state index < -0.39 is 4.92 Å². The SMILES string of the molecule is Cc1c([C@H](N)CN)cccc1[N+](=O)[O-]. The molecule has 1 aromatic rings. The number of nitro benzene ring substituents is 1. The Morgan fingerprint density at radius 1 is 1.57 bits per heavy atom. The Labute approximate surface area is 81.9 Å². The van der Waals surface area contributed by atoms with Crippen LogP contribution in [-0.2, 0) is 0 Å². The third-order valence-electron chi connectivity index (χ3n) is 2.20. The monoisotopic (exact) mass is 195 g/mol. The van der Waals surface area contributed by atoms with Crippen LogP contribution in [0.5, 0.6) is 0 Å². The average Bonchev–Trinajstić information content (AvgIpc) is 2.16. The van der Waals surface area contributed by atoms with Gasteiger partial charge in [-0.25, -0.2) is 0 Å². The Morgan fingerprint density at radius 2 is 2.21 bits per heavy atom. The van der Waals surface area contributed by atoms with Crippen LogP contribution in [0.25, 0.3) is 0 Å². The maximum Gasteiger partial charge on any atom is 0.272 e. The number of hydrogen-bond donors (Lipinski definition) is 2. The van der Waals surface area contributed by atoms with Crippen LogP contribution in [-0.4, -0.2) is 11.5 Å². The summed E-state index contributed by atoms with van der Waals surface area (Å²) < 4.78 is 0. The van der Waals surface area contributed by atoms with Crippen LogP contribution in [0.2, 0.25) is 0 Å². The van der Waals surface area contributed by atoms with Gasteiger partial charge < -0.3 is 11.5 Å². The van der Waals surface area contributed by atoms with Crippen LogP contribution in [0, 0.1) is 17.0 Å². The predicted octanol–water partition coefficient (Wildman–Crippen LogP) is 0.862. The highest BCUT2D eigenvalue weighted by Gasteiger charge is 2.16. The quantitative estimate of drug-likeness (QED) is 0.552. The van der Waals surface area contributed by atoms with Crippen LogP contribution in [0.15, 0.2) is 18.2 Å². The molecule has 0 bridgehead atoms. The fourth-order valence-corrected chi connectivity index (χ4v) is 1.37. The van der Waals surface area contributed by atoms with Crippen molar-refractivity contribution >= 4 is 5.69 Å². The van der Waals surface area contributed by atoms with Gasteiger partial charge in [-0.05, 0) is 12.5 Å². The molecule has 0 aliphatic rings. The molecule has 0 amide bonds. The van der Waals surface area contributed by atoms with Crippen molar-refractivity contribution in [3.8, 4) is 0 Å². The number of hydrogen-bond acceptors (Lipinski definition) is 4. The summed E-state index contributed by atoms with van der Waals surface area (Å²) in [6.45, 7) is 1.96. The molecule has 0 spiro atoms. The molecule has 14 heavy (non-hydrogen) atoms. The van der Waals surface area contributed by atoms with E-state index in [9.17, 15) is 10.1 Å². The Bertz CT molecular complexity index is 352. The highest BCUT2D eigenvalue weighted by atomic mass is 16.6. The first-order chi connectivity index (χ1) is 6.57. The molecule has 1 atom stereocenters. The standard InChI is InChI=1S/C9H13N3O2/c1-6-7(8(11)5-10)3-2-4-9(6)12(13)14/h2-4,8H,5,10-11H2,1H3/t8-/m1/s1. The van der Waals surface area contributed by atoms with E-state index in [-0.39, 0.29) is 18.3 Å². The van der Waals surface area contributed by atoms with Crippen LogP contribution in [0.4, 0.5) is 5.69 Å². The lowest BCUT2D eigenvalue weighted by Crippen LogP contribution is -2.21. The molecule has 1 rings (SSSR count). The summed E-state index contributed by atoms with van der Waals surface area (Å²) in [5.74, 6) is 0. The number of rotatable bonds is 3.